The van der Waals surface area contributed by atoms with E-state index in [9.17, 15) is 0 Å². The number of methoxy groups -OCH3 is 1. The normalized spacial score (nSPS) is 16.2. The molecule has 4 heteroatoms. The standard InChI is InChI=1S/C17H27ClN2O/c1-21-17-8-6-7-16(15-17)20-13-11-19(12-14-20)10-5-3-2-4-9-18/h6-8,15H,2-5,9-14H2,1H3. The number of rotatable bonds is 8. The topological polar surface area (TPSA) is 15.7 Å². The van der Waals surface area contributed by atoms with Crippen LogP contribution in [0, 0.1) is 0 Å². The smallest absolute Gasteiger partial charge is 0.120 e. The predicted octanol–water partition coefficient (Wildman–Crippen LogP) is 3.62. The van der Waals surface area contributed by atoms with Gasteiger partial charge in [0.1, 0.15) is 5.75 Å². The van der Waals surface area contributed by atoms with E-state index in [4.69, 9.17) is 16.3 Å². The molecule has 0 aromatic heterocycles. The Bertz CT molecular complexity index is 406. The van der Waals surface area contributed by atoms with E-state index in [1.165, 1.54) is 31.5 Å². The van der Waals surface area contributed by atoms with E-state index in [1.54, 1.807) is 7.11 Å². The van der Waals surface area contributed by atoms with Crippen molar-refractivity contribution in [1.29, 1.82) is 0 Å². The average Bonchev–Trinajstić information content (AvgIpc) is 2.55. The average molecular weight is 311 g/mol. The maximum atomic E-state index is 5.70. The number of hydrogen-bond acceptors (Lipinski definition) is 3. The van der Waals surface area contributed by atoms with E-state index < -0.39 is 0 Å². The molecule has 0 atom stereocenters. The third-order valence-electron chi connectivity index (χ3n) is 4.15. The summed E-state index contributed by atoms with van der Waals surface area (Å²) in [5.41, 5.74) is 1.27. The van der Waals surface area contributed by atoms with Crippen molar-refractivity contribution in [2.75, 3.05) is 50.6 Å². The molecule has 1 aliphatic heterocycles. The van der Waals surface area contributed by atoms with Crippen LogP contribution in [0.25, 0.3) is 0 Å². The molecule has 1 saturated heterocycles. The molecular weight excluding hydrogens is 284 g/mol. The van der Waals surface area contributed by atoms with Gasteiger partial charge < -0.3 is 9.64 Å². The van der Waals surface area contributed by atoms with Crippen molar-refractivity contribution >= 4 is 17.3 Å². The number of anilines is 1. The van der Waals surface area contributed by atoms with Crippen LogP contribution in [0.15, 0.2) is 24.3 Å². The highest BCUT2D eigenvalue weighted by Crippen LogP contribution is 2.22. The number of alkyl halides is 1. The molecule has 1 heterocycles. The van der Waals surface area contributed by atoms with Crippen molar-refractivity contribution in [2.45, 2.75) is 25.7 Å². The van der Waals surface area contributed by atoms with Crippen LogP contribution in [0.2, 0.25) is 0 Å². The van der Waals surface area contributed by atoms with Crippen LogP contribution in [0.5, 0.6) is 5.75 Å². The van der Waals surface area contributed by atoms with E-state index in [2.05, 4.69) is 28.0 Å². The molecule has 0 unspecified atom stereocenters. The molecule has 0 radical (unpaired) electrons. The molecule has 0 amide bonds. The fraction of sp³-hybridized carbons (Fsp3) is 0.647. The lowest BCUT2D eigenvalue weighted by molar-refractivity contribution is 0.252. The highest BCUT2D eigenvalue weighted by atomic mass is 35.5. The first-order chi connectivity index (χ1) is 10.3. The molecule has 0 bridgehead atoms. The fourth-order valence-corrected chi connectivity index (χ4v) is 3.01. The Hall–Kier alpha value is -0.930. The van der Waals surface area contributed by atoms with Crippen LogP contribution in [0.4, 0.5) is 5.69 Å². The Morgan fingerprint density at radius 2 is 1.81 bits per heavy atom. The highest BCUT2D eigenvalue weighted by molar-refractivity contribution is 6.17. The summed E-state index contributed by atoms with van der Waals surface area (Å²) < 4.78 is 5.31. The number of unbranched alkanes of at least 4 members (excludes halogenated alkanes) is 3. The third-order valence-corrected chi connectivity index (χ3v) is 4.42. The zero-order chi connectivity index (χ0) is 14.9. The van der Waals surface area contributed by atoms with Gasteiger partial charge in [-0.2, -0.15) is 0 Å². The van der Waals surface area contributed by atoms with Gasteiger partial charge in [0.2, 0.25) is 0 Å². The third kappa shape index (κ3) is 5.40. The van der Waals surface area contributed by atoms with Gasteiger partial charge in [-0.05, 0) is 31.5 Å². The summed E-state index contributed by atoms with van der Waals surface area (Å²) >= 11 is 5.70. The predicted molar refractivity (Wildman–Crippen MR) is 90.8 cm³/mol. The molecule has 0 N–H and O–H groups in total. The molecule has 1 aromatic carbocycles. The summed E-state index contributed by atoms with van der Waals surface area (Å²) in [5, 5.41) is 0. The van der Waals surface area contributed by atoms with Crippen molar-refractivity contribution in [2.24, 2.45) is 0 Å². The van der Waals surface area contributed by atoms with E-state index in [1.807, 2.05) is 6.07 Å². The lowest BCUT2D eigenvalue weighted by Crippen LogP contribution is -2.46. The minimum absolute atomic E-state index is 0.805. The van der Waals surface area contributed by atoms with E-state index in [0.29, 0.717) is 0 Å². The SMILES string of the molecule is COc1cccc(N2CCN(CCCCCCCl)CC2)c1. The number of hydrogen-bond donors (Lipinski definition) is 0. The maximum Gasteiger partial charge on any atom is 0.120 e. The lowest BCUT2D eigenvalue weighted by atomic mass is 10.2. The zero-order valence-corrected chi connectivity index (χ0v) is 13.8. The number of benzene rings is 1. The molecule has 21 heavy (non-hydrogen) atoms. The van der Waals surface area contributed by atoms with Crippen molar-refractivity contribution in [3.63, 3.8) is 0 Å². The van der Waals surface area contributed by atoms with Crippen LogP contribution in [0.3, 0.4) is 0 Å². The molecular formula is C17H27ClN2O. The van der Waals surface area contributed by atoms with Crippen molar-refractivity contribution < 1.29 is 4.74 Å². The summed E-state index contributed by atoms with van der Waals surface area (Å²) in [7, 11) is 1.72. The minimum atomic E-state index is 0.805. The van der Waals surface area contributed by atoms with Gasteiger partial charge in [-0.1, -0.05) is 18.9 Å². The highest BCUT2D eigenvalue weighted by Gasteiger charge is 2.16. The van der Waals surface area contributed by atoms with Gasteiger partial charge in [0.25, 0.3) is 0 Å². The van der Waals surface area contributed by atoms with Crippen molar-refractivity contribution in [1.82, 2.24) is 4.90 Å². The summed E-state index contributed by atoms with van der Waals surface area (Å²) in [5.74, 6) is 1.74. The molecule has 0 spiro atoms. The Balaban J connectivity index is 1.70. The van der Waals surface area contributed by atoms with E-state index in [0.717, 1.165) is 44.2 Å². The Morgan fingerprint density at radius 1 is 1.05 bits per heavy atom. The van der Waals surface area contributed by atoms with Crippen LogP contribution in [-0.4, -0.2) is 50.6 Å². The molecule has 0 aliphatic carbocycles. The molecule has 3 nitrogen and oxygen atoms in total. The zero-order valence-electron chi connectivity index (χ0n) is 13.1. The number of ether oxygens (including phenoxy) is 1. The monoisotopic (exact) mass is 310 g/mol. The van der Waals surface area contributed by atoms with Crippen LogP contribution in [-0.2, 0) is 0 Å². The number of halogens is 1. The Labute approximate surface area is 133 Å². The maximum absolute atomic E-state index is 5.70. The Kier molecular flexibility index (Phi) is 7.17. The van der Waals surface area contributed by atoms with Gasteiger partial charge in [0.15, 0.2) is 0 Å². The minimum Gasteiger partial charge on any atom is -0.497 e. The lowest BCUT2D eigenvalue weighted by Gasteiger charge is -2.36. The molecule has 118 valence electrons. The van der Waals surface area contributed by atoms with Gasteiger partial charge in [-0.25, -0.2) is 0 Å². The first-order valence-electron chi connectivity index (χ1n) is 8.01. The molecule has 2 rings (SSSR count). The quantitative estimate of drug-likeness (QED) is 0.539. The van der Waals surface area contributed by atoms with Gasteiger partial charge in [0, 0.05) is 43.8 Å². The first-order valence-corrected chi connectivity index (χ1v) is 8.54. The van der Waals surface area contributed by atoms with Crippen LogP contribution < -0.4 is 9.64 Å². The second kappa shape index (κ2) is 9.16. The fourth-order valence-electron chi connectivity index (χ4n) is 2.82. The first kappa shape index (κ1) is 16.4. The molecule has 1 aromatic rings. The van der Waals surface area contributed by atoms with Gasteiger partial charge in [-0.15, -0.1) is 11.6 Å². The van der Waals surface area contributed by atoms with Crippen molar-refractivity contribution in [3.05, 3.63) is 24.3 Å². The largest absolute Gasteiger partial charge is 0.497 e. The molecule has 1 fully saturated rings. The van der Waals surface area contributed by atoms with E-state index in [-0.39, 0.29) is 0 Å². The Morgan fingerprint density at radius 3 is 2.52 bits per heavy atom. The van der Waals surface area contributed by atoms with Gasteiger partial charge >= 0.3 is 0 Å². The molecule has 0 saturated carbocycles. The summed E-state index contributed by atoms with van der Waals surface area (Å²) in [4.78, 5) is 5.03. The molecule has 1 aliphatic rings. The van der Waals surface area contributed by atoms with Crippen LogP contribution in [0.1, 0.15) is 25.7 Å². The van der Waals surface area contributed by atoms with E-state index >= 15 is 0 Å². The summed E-state index contributed by atoms with van der Waals surface area (Å²) in [6.07, 6.45) is 5.04. The summed E-state index contributed by atoms with van der Waals surface area (Å²) in [6, 6.07) is 8.37. The van der Waals surface area contributed by atoms with Crippen molar-refractivity contribution in [3.8, 4) is 5.75 Å². The van der Waals surface area contributed by atoms with Crippen LogP contribution >= 0.6 is 11.6 Å². The van der Waals surface area contributed by atoms with Gasteiger partial charge in [0.05, 0.1) is 7.11 Å². The summed E-state index contributed by atoms with van der Waals surface area (Å²) in [6.45, 7) is 5.76. The van der Waals surface area contributed by atoms with Gasteiger partial charge in [-0.3, -0.25) is 4.90 Å². The number of nitrogens with zero attached hydrogens (tertiary/aromatic N) is 2. The number of piperazine rings is 1. The second-order valence-electron chi connectivity index (χ2n) is 5.63. The second-order valence-corrected chi connectivity index (χ2v) is 6.01.